The summed E-state index contributed by atoms with van der Waals surface area (Å²) in [7, 11) is 1.59. The number of halogens is 2. The Hall–Kier alpha value is -5.15. The van der Waals surface area contributed by atoms with E-state index in [9.17, 15) is 18.8 Å². The Kier molecular flexibility index (Phi) is 8.66. The molecule has 5 rings (SSSR count). The zero-order valence-electron chi connectivity index (χ0n) is 25.1. The fourth-order valence-electron chi connectivity index (χ4n) is 4.76. The number of carbonyl (C=O) groups excluding carboxylic acids is 3. The number of fused-ring (bicyclic) bond motifs is 1. The number of urea groups is 1. The zero-order valence-corrected chi connectivity index (χ0v) is 25.1. The summed E-state index contributed by atoms with van der Waals surface area (Å²) < 4.78 is 40.0. The molecule has 1 fully saturated rings. The highest BCUT2D eigenvalue weighted by atomic mass is 19.1. The first-order chi connectivity index (χ1) is 21.4. The molecule has 0 radical (unpaired) electrons. The van der Waals surface area contributed by atoms with Crippen LogP contribution in [0.25, 0.3) is 11.0 Å². The summed E-state index contributed by atoms with van der Waals surface area (Å²) in [6, 6.07) is 7.32. The van der Waals surface area contributed by atoms with Crippen molar-refractivity contribution in [3.05, 3.63) is 66.4 Å². The van der Waals surface area contributed by atoms with E-state index in [1.807, 2.05) is 13.8 Å². The van der Waals surface area contributed by atoms with E-state index < -0.39 is 47.1 Å². The normalized spacial score (nSPS) is 15.6. The number of rotatable bonds is 10. The average Bonchev–Trinajstić information content (AvgIpc) is 3.38. The van der Waals surface area contributed by atoms with Gasteiger partial charge in [0.15, 0.2) is 29.1 Å². The van der Waals surface area contributed by atoms with E-state index >= 15 is 4.39 Å². The summed E-state index contributed by atoms with van der Waals surface area (Å²) in [5, 5.41) is 14.5. The molecule has 13 nitrogen and oxygen atoms in total. The fraction of sp³-hybridized carbons (Fsp3) is 0.300. The van der Waals surface area contributed by atoms with Gasteiger partial charge in [-0.05, 0) is 64.1 Å². The number of methoxy groups -OCH3 is 1. The minimum absolute atomic E-state index is 0.0348. The molecule has 1 atom stereocenters. The Morgan fingerprint density at radius 2 is 1.82 bits per heavy atom. The van der Waals surface area contributed by atoms with Gasteiger partial charge in [0.05, 0.1) is 17.8 Å². The largest absolute Gasteiger partial charge is 0.453 e. The van der Waals surface area contributed by atoms with Crippen LogP contribution in [0, 0.1) is 11.6 Å². The lowest BCUT2D eigenvalue weighted by Crippen LogP contribution is -2.70. The van der Waals surface area contributed by atoms with Gasteiger partial charge in [-0.1, -0.05) is 0 Å². The number of hydrogen-bond donors (Lipinski definition) is 4. The molecule has 0 saturated carbocycles. The van der Waals surface area contributed by atoms with Crippen LogP contribution in [-0.2, 0) is 14.3 Å². The van der Waals surface area contributed by atoms with Crippen LogP contribution in [0.4, 0.5) is 30.8 Å². The highest BCUT2D eigenvalue weighted by Crippen LogP contribution is 2.35. The van der Waals surface area contributed by atoms with Crippen molar-refractivity contribution in [3.8, 4) is 11.5 Å². The van der Waals surface area contributed by atoms with Crippen molar-refractivity contribution in [3.63, 3.8) is 0 Å². The third-order valence-electron chi connectivity index (χ3n) is 6.80. The van der Waals surface area contributed by atoms with Crippen molar-refractivity contribution in [2.45, 2.75) is 45.3 Å². The predicted molar refractivity (Wildman–Crippen MR) is 162 cm³/mol. The minimum Gasteiger partial charge on any atom is -0.453 e. The zero-order chi connectivity index (χ0) is 32.5. The maximum absolute atomic E-state index is 15.3. The number of aromatic amines is 1. The lowest BCUT2D eigenvalue weighted by Gasteiger charge is -2.40. The number of H-pyrrole nitrogens is 1. The van der Waals surface area contributed by atoms with Crippen LogP contribution in [0.3, 0.4) is 0 Å². The standard InChI is InChI=1S/C30H32F2N8O5/c1-16(2)40-29(43)39(19-9-6-17(31)7-10-19)28(42)24(38-40)27(41)34-18-8-11-21(20(32)14-18)45-22-12-13-33-25-23(22)26(37-36-25)35-30(3,4)15-44-5/h6-14,16,24,38H,15H2,1-5H3,(H,34,41)(H2,33,35,36,37). The van der Waals surface area contributed by atoms with Crippen LogP contribution in [0.1, 0.15) is 27.7 Å². The molecule has 4 amide bonds. The molecule has 0 spiro atoms. The van der Waals surface area contributed by atoms with Crippen LogP contribution in [0.2, 0.25) is 0 Å². The van der Waals surface area contributed by atoms with Gasteiger partial charge in [0, 0.05) is 37.2 Å². The molecule has 1 saturated heterocycles. The second-order valence-electron chi connectivity index (χ2n) is 11.2. The highest BCUT2D eigenvalue weighted by molar-refractivity contribution is 6.25. The lowest BCUT2D eigenvalue weighted by atomic mass is 10.1. The second-order valence-corrected chi connectivity index (χ2v) is 11.2. The van der Waals surface area contributed by atoms with Crippen LogP contribution in [0.15, 0.2) is 54.7 Å². The highest BCUT2D eigenvalue weighted by Gasteiger charge is 2.44. The van der Waals surface area contributed by atoms with E-state index in [-0.39, 0.29) is 22.9 Å². The van der Waals surface area contributed by atoms with Gasteiger partial charge in [0.2, 0.25) is 0 Å². The summed E-state index contributed by atoms with van der Waals surface area (Å²) in [6.45, 7) is 7.61. The first kappa shape index (κ1) is 31.3. The number of hydrogen-bond acceptors (Lipinski definition) is 9. The van der Waals surface area contributed by atoms with Gasteiger partial charge < -0.3 is 20.1 Å². The van der Waals surface area contributed by atoms with Crippen molar-refractivity contribution in [1.29, 1.82) is 0 Å². The maximum atomic E-state index is 15.3. The van der Waals surface area contributed by atoms with Gasteiger partial charge in [0.1, 0.15) is 17.0 Å². The number of nitrogens with one attached hydrogen (secondary N) is 4. The lowest BCUT2D eigenvalue weighted by molar-refractivity contribution is -0.131. The van der Waals surface area contributed by atoms with Crippen molar-refractivity contribution >= 4 is 46.1 Å². The first-order valence-electron chi connectivity index (χ1n) is 14.0. The molecule has 0 aliphatic carbocycles. The Morgan fingerprint density at radius 1 is 1.09 bits per heavy atom. The van der Waals surface area contributed by atoms with Gasteiger partial charge in [-0.15, -0.1) is 0 Å². The monoisotopic (exact) mass is 622 g/mol. The first-order valence-corrected chi connectivity index (χ1v) is 14.0. The third-order valence-corrected chi connectivity index (χ3v) is 6.80. The van der Waals surface area contributed by atoms with Crippen LogP contribution in [0.5, 0.6) is 11.5 Å². The number of anilines is 3. The molecule has 3 heterocycles. The molecule has 2 aromatic carbocycles. The topological polar surface area (TPSA) is 154 Å². The number of hydrazine groups is 1. The molecule has 4 N–H and O–H groups in total. The number of aromatic nitrogens is 3. The number of amides is 4. The number of imide groups is 1. The van der Waals surface area contributed by atoms with E-state index in [0.29, 0.717) is 23.5 Å². The van der Waals surface area contributed by atoms with Crippen molar-refractivity contribution in [1.82, 2.24) is 25.6 Å². The van der Waals surface area contributed by atoms with Gasteiger partial charge in [-0.2, -0.15) is 5.10 Å². The predicted octanol–water partition coefficient (Wildman–Crippen LogP) is 4.55. The molecule has 1 aliphatic heterocycles. The van der Waals surface area contributed by atoms with Crippen molar-refractivity contribution < 1.29 is 32.6 Å². The number of ether oxygens (including phenoxy) is 2. The molecule has 4 aromatic rings. The summed E-state index contributed by atoms with van der Waals surface area (Å²) in [5.74, 6) is -2.52. The second kappa shape index (κ2) is 12.5. The van der Waals surface area contributed by atoms with Gasteiger partial charge in [-0.3, -0.25) is 19.7 Å². The fourth-order valence-corrected chi connectivity index (χ4v) is 4.76. The Bertz CT molecular complexity index is 1740. The Labute approximate surface area is 256 Å². The maximum Gasteiger partial charge on any atom is 0.346 e. The summed E-state index contributed by atoms with van der Waals surface area (Å²) >= 11 is 0. The van der Waals surface area contributed by atoms with Gasteiger partial charge in [0.25, 0.3) is 11.8 Å². The smallest absolute Gasteiger partial charge is 0.346 e. The van der Waals surface area contributed by atoms with E-state index in [0.717, 1.165) is 28.1 Å². The Balaban J connectivity index is 1.35. The number of carbonyl (C=O) groups is 3. The summed E-state index contributed by atoms with van der Waals surface area (Å²) in [6.07, 6.45) is 1.49. The molecule has 2 aromatic heterocycles. The van der Waals surface area contributed by atoms with E-state index in [2.05, 4.69) is 31.2 Å². The quantitative estimate of drug-likeness (QED) is 0.187. The molecule has 1 aliphatic rings. The van der Waals surface area contributed by atoms with Crippen LogP contribution < -0.4 is 25.7 Å². The van der Waals surface area contributed by atoms with Crippen LogP contribution in [-0.4, -0.2) is 69.4 Å². The summed E-state index contributed by atoms with van der Waals surface area (Å²) in [4.78, 5) is 44.7. The molecular weight excluding hydrogens is 590 g/mol. The van der Waals surface area contributed by atoms with Gasteiger partial charge in [-0.25, -0.2) is 28.9 Å². The average molecular weight is 623 g/mol. The van der Waals surface area contributed by atoms with Crippen LogP contribution >= 0.6 is 0 Å². The molecule has 236 valence electrons. The minimum atomic E-state index is -1.55. The van der Waals surface area contributed by atoms with Crippen molar-refractivity contribution in [2.75, 3.05) is 29.3 Å². The Morgan fingerprint density at radius 3 is 2.49 bits per heavy atom. The molecule has 15 heteroatoms. The van der Waals surface area contributed by atoms with E-state index in [1.165, 1.54) is 30.5 Å². The SMILES string of the molecule is COCC(C)(C)Nc1n[nH]c2nccc(Oc3ccc(NC(=O)C4NN(C(C)C)C(=O)N(c5ccc(F)cc5)C4=O)cc3F)c12. The molecule has 45 heavy (non-hydrogen) atoms. The molecule has 0 bridgehead atoms. The number of nitrogens with zero attached hydrogens (tertiary/aromatic N) is 4. The van der Waals surface area contributed by atoms with E-state index in [4.69, 9.17) is 9.47 Å². The molecule has 1 unspecified atom stereocenters. The van der Waals surface area contributed by atoms with E-state index in [1.54, 1.807) is 27.0 Å². The van der Waals surface area contributed by atoms with Crippen molar-refractivity contribution in [2.24, 2.45) is 0 Å². The number of pyridine rings is 1. The van der Waals surface area contributed by atoms with Gasteiger partial charge >= 0.3 is 6.03 Å². The number of benzene rings is 2. The summed E-state index contributed by atoms with van der Waals surface area (Å²) in [5.41, 5.74) is 2.70. The third kappa shape index (κ3) is 6.53. The molecular formula is C30H32F2N8O5.